The highest BCUT2D eigenvalue weighted by molar-refractivity contribution is 5.85. The number of unbranched alkanes of at least 4 members (excludes halogenated alkanes) is 13. The minimum Gasteiger partial charge on any atom is -0.385 e. The van der Waals surface area contributed by atoms with E-state index in [1.165, 1.54) is 89.9 Å². The molecule has 0 saturated carbocycles. The van der Waals surface area contributed by atoms with Crippen LogP contribution >= 0.6 is 12.4 Å². The molecular weight excluding hydrogens is 356 g/mol. The van der Waals surface area contributed by atoms with E-state index in [0.29, 0.717) is 0 Å². The van der Waals surface area contributed by atoms with Gasteiger partial charge in [0.25, 0.3) is 0 Å². The van der Waals surface area contributed by atoms with Crippen LogP contribution in [0.15, 0.2) is 12.4 Å². The molecule has 0 bridgehead atoms. The minimum absolute atomic E-state index is 0. The van der Waals surface area contributed by atoms with E-state index in [9.17, 15) is 5.11 Å². The number of aromatic nitrogens is 2. The van der Waals surface area contributed by atoms with Gasteiger partial charge in [-0.2, -0.15) is 0 Å². The van der Waals surface area contributed by atoms with E-state index in [1.54, 1.807) is 0 Å². The van der Waals surface area contributed by atoms with E-state index in [4.69, 9.17) is 0 Å². The third-order valence-electron chi connectivity index (χ3n) is 5.36. The van der Waals surface area contributed by atoms with Crippen LogP contribution in [0.2, 0.25) is 0 Å². The van der Waals surface area contributed by atoms with Gasteiger partial charge in [-0.05, 0) is 12.8 Å². The number of aryl methyl sites for hydroxylation is 1. The van der Waals surface area contributed by atoms with E-state index in [1.807, 2.05) is 12.4 Å². The van der Waals surface area contributed by atoms with Gasteiger partial charge in [-0.3, -0.25) is 0 Å². The van der Waals surface area contributed by atoms with Gasteiger partial charge in [0.15, 0.2) is 0 Å². The molecule has 0 aromatic carbocycles. The summed E-state index contributed by atoms with van der Waals surface area (Å²) in [7, 11) is 0. The molecule has 1 atom stereocenters. The Morgan fingerprint density at radius 2 is 1.26 bits per heavy atom. The van der Waals surface area contributed by atoms with E-state index in [-0.39, 0.29) is 12.4 Å². The van der Waals surface area contributed by atoms with Gasteiger partial charge in [-0.15, -0.1) is 12.4 Å². The minimum atomic E-state index is -0.401. The zero-order valence-corrected chi connectivity index (χ0v) is 18.8. The van der Waals surface area contributed by atoms with Gasteiger partial charge in [-0.1, -0.05) is 104 Å². The molecule has 0 amide bonds. The summed E-state index contributed by atoms with van der Waals surface area (Å²) in [5.74, 6) is 0.849. The fourth-order valence-corrected chi connectivity index (χ4v) is 3.69. The van der Waals surface area contributed by atoms with Gasteiger partial charge in [0.05, 0.1) is 0 Å². The van der Waals surface area contributed by atoms with E-state index in [2.05, 4.69) is 23.4 Å². The fourth-order valence-electron chi connectivity index (χ4n) is 3.69. The third kappa shape index (κ3) is 13.3. The van der Waals surface area contributed by atoms with Gasteiger partial charge in [-0.25, -0.2) is 4.98 Å². The summed E-state index contributed by atoms with van der Waals surface area (Å²) in [5, 5.41) is 10.1. The lowest BCUT2D eigenvalue weighted by atomic mass is 10.0. The Hall–Kier alpha value is -0.540. The molecule has 0 saturated heterocycles. The number of aliphatic hydroxyl groups excluding tert-OH is 1. The normalized spacial score (nSPS) is 12.1. The number of imidazole rings is 1. The second-order valence-electron chi connectivity index (χ2n) is 7.88. The molecule has 4 heteroatoms. The van der Waals surface area contributed by atoms with Crippen LogP contribution in [0.5, 0.6) is 0 Å². The summed E-state index contributed by atoms with van der Waals surface area (Å²) in [6, 6.07) is 0. The Labute approximate surface area is 174 Å². The van der Waals surface area contributed by atoms with Crippen LogP contribution in [0.3, 0.4) is 0 Å². The molecule has 1 N–H and O–H groups in total. The molecule has 27 heavy (non-hydrogen) atoms. The second kappa shape index (κ2) is 18.8. The van der Waals surface area contributed by atoms with Crippen molar-refractivity contribution in [3.05, 3.63) is 18.2 Å². The van der Waals surface area contributed by atoms with Crippen LogP contribution in [0.1, 0.15) is 129 Å². The second-order valence-corrected chi connectivity index (χ2v) is 7.88. The molecule has 0 aliphatic rings. The Morgan fingerprint density at radius 3 is 1.74 bits per heavy atom. The zero-order chi connectivity index (χ0) is 18.9. The van der Waals surface area contributed by atoms with Crippen LogP contribution in [0.4, 0.5) is 0 Å². The summed E-state index contributed by atoms with van der Waals surface area (Å²) >= 11 is 0. The average molecular weight is 401 g/mol. The van der Waals surface area contributed by atoms with Crippen molar-refractivity contribution in [2.24, 2.45) is 0 Å². The van der Waals surface area contributed by atoms with Crippen molar-refractivity contribution >= 4 is 12.4 Å². The maximum absolute atomic E-state index is 10.1. The third-order valence-corrected chi connectivity index (χ3v) is 5.36. The number of hydrogen-bond acceptors (Lipinski definition) is 2. The molecule has 1 aromatic heterocycles. The average Bonchev–Trinajstić information content (AvgIpc) is 3.11. The lowest BCUT2D eigenvalue weighted by Gasteiger charge is -2.12. The molecule has 0 aliphatic carbocycles. The zero-order valence-electron chi connectivity index (χ0n) is 18.0. The van der Waals surface area contributed by atoms with Gasteiger partial charge in [0.2, 0.25) is 0 Å². The van der Waals surface area contributed by atoms with Crippen molar-refractivity contribution in [1.29, 1.82) is 0 Å². The predicted octanol–water partition coefficient (Wildman–Crippen LogP) is 7.62. The monoisotopic (exact) mass is 400 g/mol. The standard InChI is InChI=1S/C23H44N2O.ClH/c1-3-5-6-7-8-9-10-11-12-13-14-15-16-17-20-25-21-19-24-23(25)22(26)18-4-2;/h19,21-22,26H,3-18,20H2,1-2H3;1H. The van der Waals surface area contributed by atoms with Crippen LogP contribution in [0, 0.1) is 0 Å². The molecule has 160 valence electrons. The number of rotatable bonds is 18. The molecule has 0 aliphatic heterocycles. The van der Waals surface area contributed by atoms with Crippen molar-refractivity contribution in [3.63, 3.8) is 0 Å². The number of aliphatic hydroxyl groups is 1. The Bertz CT molecular complexity index is 422. The Balaban J connectivity index is 0.00000676. The molecule has 0 radical (unpaired) electrons. The predicted molar refractivity (Wildman–Crippen MR) is 120 cm³/mol. The molecule has 0 spiro atoms. The first kappa shape index (κ1) is 26.5. The van der Waals surface area contributed by atoms with Crippen molar-refractivity contribution in [3.8, 4) is 0 Å². The topological polar surface area (TPSA) is 38.0 Å². The van der Waals surface area contributed by atoms with Crippen molar-refractivity contribution < 1.29 is 5.11 Å². The Kier molecular flexibility index (Phi) is 18.4. The quantitative estimate of drug-likeness (QED) is 0.257. The number of nitrogens with zero attached hydrogens (tertiary/aromatic N) is 2. The maximum atomic E-state index is 10.1. The Morgan fingerprint density at radius 1 is 0.778 bits per heavy atom. The van der Waals surface area contributed by atoms with Crippen LogP contribution < -0.4 is 0 Å². The summed E-state index contributed by atoms with van der Waals surface area (Å²) < 4.78 is 2.14. The van der Waals surface area contributed by atoms with E-state index in [0.717, 1.165) is 25.2 Å². The fraction of sp³-hybridized carbons (Fsp3) is 0.870. The summed E-state index contributed by atoms with van der Waals surface area (Å²) in [5.41, 5.74) is 0. The largest absolute Gasteiger partial charge is 0.385 e. The highest BCUT2D eigenvalue weighted by atomic mass is 35.5. The lowest BCUT2D eigenvalue weighted by Crippen LogP contribution is -2.08. The molecule has 1 heterocycles. The molecular formula is C23H45ClN2O. The van der Waals surface area contributed by atoms with Crippen LogP contribution in [-0.2, 0) is 6.54 Å². The molecule has 1 rings (SSSR count). The first-order valence-electron chi connectivity index (χ1n) is 11.5. The molecule has 3 nitrogen and oxygen atoms in total. The van der Waals surface area contributed by atoms with Gasteiger partial charge < -0.3 is 9.67 Å². The van der Waals surface area contributed by atoms with Crippen LogP contribution in [-0.4, -0.2) is 14.7 Å². The molecule has 0 fully saturated rings. The van der Waals surface area contributed by atoms with Crippen LogP contribution in [0.25, 0.3) is 0 Å². The summed E-state index contributed by atoms with van der Waals surface area (Å²) in [4.78, 5) is 4.33. The van der Waals surface area contributed by atoms with Crippen molar-refractivity contribution in [2.45, 2.75) is 129 Å². The van der Waals surface area contributed by atoms with Gasteiger partial charge in [0.1, 0.15) is 11.9 Å². The van der Waals surface area contributed by atoms with E-state index >= 15 is 0 Å². The maximum Gasteiger partial charge on any atom is 0.137 e. The lowest BCUT2D eigenvalue weighted by molar-refractivity contribution is 0.151. The van der Waals surface area contributed by atoms with Crippen molar-refractivity contribution in [1.82, 2.24) is 9.55 Å². The summed E-state index contributed by atoms with van der Waals surface area (Å²) in [6.45, 7) is 5.38. The SMILES string of the molecule is CCCCCCCCCCCCCCCCn1ccnc1C(O)CCC.Cl. The number of halogens is 1. The smallest absolute Gasteiger partial charge is 0.137 e. The number of hydrogen-bond donors (Lipinski definition) is 1. The van der Waals surface area contributed by atoms with Gasteiger partial charge >= 0.3 is 0 Å². The first-order valence-corrected chi connectivity index (χ1v) is 11.5. The van der Waals surface area contributed by atoms with E-state index < -0.39 is 6.10 Å². The molecule has 1 aromatic rings. The molecule has 1 unspecified atom stereocenters. The highest BCUT2D eigenvalue weighted by Gasteiger charge is 2.12. The first-order chi connectivity index (χ1) is 12.8. The van der Waals surface area contributed by atoms with Crippen molar-refractivity contribution in [2.75, 3.05) is 0 Å². The highest BCUT2D eigenvalue weighted by Crippen LogP contribution is 2.17. The van der Waals surface area contributed by atoms with Gasteiger partial charge in [0, 0.05) is 18.9 Å². The summed E-state index contributed by atoms with van der Waals surface area (Å²) in [6.07, 6.45) is 24.7.